The van der Waals surface area contributed by atoms with Crippen LogP contribution in [0.15, 0.2) is 0 Å². The van der Waals surface area contributed by atoms with Crippen LogP contribution in [0.3, 0.4) is 0 Å². The summed E-state index contributed by atoms with van der Waals surface area (Å²) >= 11 is 0. The van der Waals surface area contributed by atoms with E-state index in [0.717, 1.165) is 0 Å². The van der Waals surface area contributed by atoms with Gasteiger partial charge in [0.05, 0.1) is 0 Å². The largest absolute Gasteiger partial charge is 0.371 e. The van der Waals surface area contributed by atoms with Crippen molar-refractivity contribution in [2.24, 2.45) is 5.41 Å². The van der Waals surface area contributed by atoms with Crippen molar-refractivity contribution in [2.45, 2.75) is 46.6 Å². The van der Waals surface area contributed by atoms with Gasteiger partial charge in [0.2, 0.25) is 0 Å². The summed E-state index contributed by atoms with van der Waals surface area (Å²) < 4.78 is 5.10. The van der Waals surface area contributed by atoms with Gasteiger partial charge in [-0.2, -0.15) is 0 Å². The first kappa shape index (κ1) is 11.6. The van der Waals surface area contributed by atoms with Crippen molar-refractivity contribution >= 4 is 5.78 Å². The van der Waals surface area contributed by atoms with Crippen molar-refractivity contribution in [3.8, 4) is 0 Å². The lowest BCUT2D eigenvalue weighted by molar-refractivity contribution is -0.139. The zero-order chi connectivity index (χ0) is 9.99. The smallest absolute Gasteiger partial charge is 0.164 e. The van der Waals surface area contributed by atoms with Crippen molar-refractivity contribution in [3.63, 3.8) is 0 Å². The molecule has 0 aliphatic rings. The Bertz CT molecular complexity index is 163. The fraction of sp³-hybridized carbons (Fsp3) is 0.900. The van der Waals surface area contributed by atoms with E-state index in [1.54, 1.807) is 21.0 Å². The molecular weight excluding hydrogens is 152 g/mol. The fourth-order valence-electron chi connectivity index (χ4n) is 0.808. The summed E-state index contributed by atoms with van der Waals surface area (Å²) in [7, 11) is 1.57. The maximum Gasteiger partial charge on any atom is 0.164 e. The molecule has 0 unspecified atom stereocenters. The summed E-state index contributed by atoms with van der Waals surface area (Å²) in [5.41, 5.74) is -0.583. The molecule has 72 valence electrons. The van der Waals surface area contributed by atoms with Crippen LogP contribution in [0, 0.1) is 5.41 Å². The fourth-order valence-corrected chi connectivity index (χ4v) is 0.808. The first-order valence-electron chi connectivity index (χ1n) is 4.27. The summed E-state index contributed by atoms with van der Waals surface area (Å²) in [5, 5.41) is 0. The van der Waals surface area contributed by atoms with Crippen LogP contribution in [0.5, 0.6) is 0 Å². The predicted octanol–water partition coefficient (Wildman–Crippen LogP) is 2.42. The zero-order valence-corrected chi connectivity index (χ0v) is 9.02. The van der Waals surface area contributed by atoms with Crippen molar-refractivity contribution in [1.29, 1.82) is 0 Å². The van der Waals surface area contributed by atoms with E-state index in [1.165, 1.54) is 0 Å². The van der Waals surface area contributed by atoms with Gasteiger partial charge >= 0.3 is 0 Å². The molecule has 0 bridgehead atoms. The van der Waals surface area contributed by atoms with Crippen molar-refractivity contribution in [3.05, 3.63) is 0 Å². The number of rotatable bonds is 3. The van der Waals surface area contributed by atoms with Gasteiger partial charge in [-0.1, -0.05) is 20.8 Å². The van der Waals surface area contributed by atoms with E-state index in [-0.39, 0.29) is 11.2 Å². The minimum atomic E-state index is -0.632. The average Bonchev–Trinajstić information content (AvgIpc) is 1.84. The molecule has 0 amide bonds. The molecule has 0 aliphatic heterocycles. The second-order valence-corrected chi connectivity index (χ2v) is 4.88. The monoisotopic (exact) mass is 172 g/mol. The van der Waals surface area contributed by atoms with Gasteiger partial charge in [-0.3, -0.25) is 4.79 Å². The SMILES string of the molecule is COC(C)(C)C(=O)CC(C)(C)C. The first-order chi connectivity index (χ1) is 5.19. The number of methoxy groups -OCH3 is 1. The van der Waals surface area contributed by atoms with Crippen molar-refractivity contribution in [2.75, 3.05) is 7.11 Å². The molecule has 0 atom stereocenters. The molecule has 0 fully saturated rings. The number of ether oxygens (including phenoxy) is 1. The third kappa shape index (κ3) is 3.86. The summed E-state index contributed by atoms with van der Waals surface area (Å²) in [4.78, 5) is 11.6. The minimum Gasteiger partial charge on any atom is -0.371 e. The molecule has 0 spiro atoms. The Hall–Kier alpha value is -0.370. The molecule has 0 saturated carbocycles. The van der Waals surface area contributed by atoms with Gasteiger partial charge in [0.25, 0.3) is 0 Å². The summed E-state index contributed by atoms with van der Waals surface area (Å²) in [6.45, 7) is 9.77. The van der Waals surface area contributed by atoms with Crippen LogP contribution in [0.1, 0.15) is 41.0 Å². The third-order valence-corrected chi connectivity index (χ3v) is 1.87. The van der Waals surface area contributed by atoms with Gasteiger partial charge in [-0.05, 0) is 19.3 Å². The number of carbonyl (C=O) groups excluding carboxylic acids is 1. The summed E-state index contributed by atoms with van der Waals surface area (Å²) in [6, 6.07) is 0. The molecule has 2 nitrogen and oxygen atoms in total. The van der Waals surface area contributed by atoms with Gasteiger partial charge in [-0.25, -0.2) is 0 Å². The molecule has 0 aromatic heterocycles. The number of hydrogen-bond acceptors (Lipinski definition) is 2. The molecule has 0 N–H and O–H groups in total. The Labute approximate surface area is 75.3 Å². The van der Waals surface area contributed by atoms with Crippen molar-refractivity contribution in [1.82, 2.24) is 0 Å². The van der Waals surface area contributed by atoms with E-state index in [1.807, 2.05) is 0 Å². The van der Waals surface area contributed by atoms with E-state index in [9.17, 15) is 4.79 Å². The molecule has 0 heterocycles. The van der Waals surface area contributed by atoms with E-state index in [4.69, 9.17) is 4.74 Å². The minimum absolute atomic E-state index is 0.0485. The number of hydrogen-bond donors (Lipinski definition) is 0. The second-order valence-electron chi connectivity index (χ2n) is 4.88. The third-order valence-electron chi connectivity index (χ3n) is 1.87. The number of Topliss-reactive ketones (excluding diaryl/α,β-unsaturated/α-hetero) is 1. The molecule has 0 radical (unpaired) electrons. The maximum atomic E-state index is 11.6. The average molecular weight is 172 g/mol. The Balaban J connectivity index is 4.23. The van der Waals surface area contributed by atoms with Gasteiger partial charge in [0.1, 0.15) is 5.60 Å². The Morgan fingerprint density at radius 3 is 1.83 bits per heavy atom. The first-order valence-corrected chi connectivity index (χ1v) is 4.27. The lowest BCUT2D eigenvalue weighted by Crippen LogP contribution is -2.36. The van der Waals surface area contributed by atoms with E-state index in [2.05, 4.69) is 20.8 Å². The Morgan fingerprint density at radius 1 is 1.17 bits per heavy atom. The Morgan fingerprint density at radius 2 is 1.58 bits per heavy atom. The number of carbonyl (C=O) groups is 1. The van der Waals surface area contributed by atoms with E-state index < -0.39 is 5.60 Å². The lowest BCUT2D eigenvalue weighted by atomic mass is 9.85. The van der Waals surface area contributed by atoms with Gasteiger partial charge < -0.3 is 4.74 Å². The van der Waals surface area contributed by atoms with Gasteiger partial charge in [-0.15, -0.1) is 0 Å². The van der Waals surface area contributed by atoms with Crippen LogP contribution in [0.25, 0.3) is 0 Å². The van der Waals surface area contributed by atoms with Crippen LogP contribution in [0.4, 0.5) is 0 Å². The Kier molecular flexibility index (Phi) is 3.45. The molecule has 0 rings (SSSR count). The quantitative estimate of drug-likeness (QED) is 0.653. The zero-order valence-electron chi connectivity index (χ0n) is 9.02. The van der Waals surface area contributed by atoms with E-state index >= 15 is 0 Å². The van der Waals surface area contributed by atoms with Crippen LogP contribution < -0.4 is 0 Å². The van der Waals surface area contributed by atoms with Gasteiger partial charge in [0.15, 0.2) is 5.78 Å². The molecule has 0 saturated heterocycles. The predicted molar refractivity (Wildman–Crippen MR) is 50.2 cm³/mol. The van der Waals surface area contributed by atoms with Crippen LogP contribution in [-0.4, -0.2) is 18.5 Å². The molecular formula is C10H20O2. The standard InChI is InChI=1S/C10H20O2/c1-9(2,3)7-8(11)10(4,5)12-6/h7H2,1-6H3. The highest BCUT2D eigenvalue weighted by Crippen LogP contribution is 2.23. The highest BCUT2D eigenvalue weighted by Gasteiger charge is 2.29. The topological polar surface area (TPSA) is 26.3 Å². The summed E-state index contributed by atoms with van der Waals surface area (Å²) in [6.07, 6.45) is 0.563. The second kappa shape index (κ2) is 3.56. The van der Waals surface area contributed by atoms with Crippen molar-refractivity contribution < 1.29 is 9.53 Å². The van der Waals surface area contributed by atoms with Gasteiger partial charge in [0, 0.05) is 13.5 Å². The molecule has 2 heteroatoms. The van der Waals surface area contributed by atoms with E-state index in [0.29, 0.717) is 6.42 Å². The van der Waals surface area contributed by atoms with Crippen LogP contribution >= 0.6 is 0 Å². The van der Waals surface area contributed by atoms with Crippen LogP contribution in [-0.2, 0) is 9.53 Å². The highest BCUT2D eigenvalue weighted by molar-refractivity contribution is 5.86. The molecule has 0 aromatic carbocycles. The maximum absolute atomic E-state index is 11.6. The molecule has 0 aromatic rings. The number of ketones is 1. The molecule has 0 aliphatic carbocycles. The lowest BCUT2D eigenvalue weighted by Gasteiger charge is -2.26. The normalized spacial score (nSPS) is 13.2. The highest BCUT2D eigenvalue weighted by atomic mass is 16.5. The molecule has 12 heavy (non-hydrogen) atoms. The van der Waals surface area contributed by atoms with Crippen LogP contribution in [0.2, 0.25) is 0 Å². The summed E-state index contributed by atoms with van der Waals surface area (Å²) in [5.74, 6) is 0.164.